The number of hydrogen-bond acceptors (Lipinski definition) is 5. The fourth-order valence-corrected chi connectivity index (χ4v) is 4.08. The highest BCUT2D eigenvalue weighted by Crippen LogP contribution is 2.44. The van der Waals surface area contributed by atoms with Crippen molar-refractivity contribution in [1.82, 2.24) is 0 Å². The van der Waals surface area contributed by atoms with Crippen LogP contribution in [-0.2, 0) is 16.9 Å². The fraction of sp³-hybridized carbons (Fsp3) is 0.130. The second-order valence-electron chi connectivity index (χ2n) is 7.30. The molecular formula is C23H17BrN2O5. The molecule has 156 valence electrons. The van der Waals surface area contributed by atoms with Crippen molar-refractivity contribution >= 4 is 39.0 Å². The third-order valence-electron chi connectivity index (χ3n) is 5.29. The zero-order valence-corrected chi connectivity index (χ0v) is 17.8. The molecule has 1 amide bonds. The first-order valence-corrected chi connectivity index (χ1v) is 10.2. The summed E-state index contributed by atoms with van der Waals surface area (Å²) in [6.07, 6.45) is -0.474. The number of carbonyl (C=O) groups excluding carboxylic acids is 2. The van der Waals surface area contributed by atoms with E-state index in [9.17, 15) is 24.8 Å². The quantitative estimate of drug-likeness (QED) is 0.320. The van der Waals surface area contributed by atoms with Gasteiger partial charge in [-0.3, -0.25) is 19.7 Å². The molecule has 0 fully saturated rings. The van der Waals surface area contributed by atoms with Crippen LogP contribution in [0, 0.1) is 10.1 Å². The first kappa shape index (κ1) is 20.9. The van der Waals surface area contributed by atoms with Gasteiger partial charge < -0.3 is 10.0 Å². The zero-order chi connectivity index (χ0) is 22.2. The van der Waals surface area contributed by atoms with Gasteiger partial charge in [-0.05, 0) is 35.9 Å². The van der Waals surface area contributed by atoms with Gasteiger partial charge in [0.05, 0.1) is 23.6 Å². The molecule has 3 aromatic carbocycles. The minimum absolute atomic E-state index is 0.143. The van der Waals surface area contributed by atoms with Gasteiger partial charge in [-0.15, -0.1) is 0 Å². The number of carbonyl (C=O) groups is 2. The summed E-state index contributed by atoms with van der Waals surface area (Å²) in [7, 11) is 0. The van der Waals surface area contributed by atoms with Crippen molar-refractivity contribution in [1.29, 1.82) is 0 Å². The highest BCUT2D eigenvalue weighted by Gasteiger charge is 2.51. The number of rotatable bonds is 6. The van der Waals surface area contributed by atoms with Crippen LogP contribution in [-0.4, -0.2) is 21.7 Å². The summed E-state index contributed by atoms with van der Waals surface area (Å²) >= 11 is 3.37. The normalized spacial score (nSPS) is 17.5. The van der Waals surface area contributed by atoms with Crippen LogP contribution < -0.4 is 4.90 Å². The molecule has 1 heterocycles. The molecule has 0 saturated carbocycles. The van der Waals surface area contributed by atoms with Gasteiger partial charge in [-0.1, -0.05) is 46.3 Å². The molecule has 3 aromatic rings. The topological polar surface area (TPSA) is 101 Å². The number of nitro benzene ring substituents is 1. The van der Waals surface area contributed by atoms with E-state index in [1.165, 1.54) is 29.2 Å². The summed E-state index contributed by atoms with van der Waals surface area (Å²) in [5, 5.41) is 22.3. The lowest BCUT2D eigenvalue weighted by Crippen LogP contribution is -2.41. The molecule has 1 unspecified atom stereocenters. The van der Waals surface area contributed by atoms with Crippen LogP contribution in [0.1, 0.15) is 27.9 Å². The van der Waals surface area contributed by atoms with Gasteiger partial charge in [0, 0.05) is 27.7 Å². The SMILES string of the molecule is O=C(CC1(O)C(=O)N(Cc2ccccc2)c2ccc(Br)cc21)c1ccc([N+](=O)[O-])cc1. The molecule has 1 aliphatic heterocycles. The molecule has 7 nitrogen and oxygen atoms in total. The van der Waals surface area contributed by atoms with Crippen molar-refractivity contribution in [2.75, 3.05) is 4.90 Å². The summed E-state index contributed by atoms with van der Waals surface area (Å²) in [5.41, 5.74) is -0.225. The number of Topliss-reactive ketones (excluding diaryl/α,β-unsaturated/α-hetero) is 1. The van der Waals surface area contributed by atoms with Gasteiger partial charge in [0.25, 0.3) is 11.6 Å². The molecule has 0 spiro atoms. The number of anilines is 1. The van der Waals surface area contributed by atoms with Crippen molar-refractivity contribution in [3.8, 4) is 0 Å². The molecule has 8 heteroatoms. The molecular weight excluding hydrogens is 464 g/mol. The molecule has 0 saturated heterocycles. The number of nitrogens with zero attached hydrogens (tertiary/aromatic N) is 2. The Bertz CT molecular complexity index is 1180. The van der Waals surface area contributed by atoms with Gasteiger partial charge >= 0.3 is 0 Å². The van der Waals surface area contributed by atoms with Crippen LogP contribution in [0.3, 0.4) is 0 Å². The summed E-state index contributed by atoms with van der Waals surface area (Å²) in [4.78, 5) is 38.0. The van der Waals surface area contributed by atoms with Gasteiger partial charge in [0.15, 0.2) is 11.4 Å². The average molecular weight is 481 g/mol. The number of nitro groups is 1. The third kappa shape index (κ3) is 3.87. The molecule has 0 aromatic heterocycles. The maximum Gasteiger partial charge on any atom is 0.269 e. The van der Waals surface area contributed by atoms with E-state index in [0.717, 1.165) is 5.56 Å². The molecule has 0 bridgehead atoms. The first-order valence-electron chi connectivity index (χ1n) is 9.45. The van der Waals surface area contributed by atoms with E-state index in [1.54, 1.807) is 18.2 Å². The molecule has 1 aliphatic rings. The highest BCUT2D eigenvalue weighted by atomic mass is 79.9. The number of non-ortho nitro benzene ring substituents is 1. The Morgan fingerprint density at radius 1 is 1.06 bits per heavy atom. The van der Waals surface area contributed by atoms with Crippen LogP contribution in [0.5, 0.6) is 0 Å². The molecule has 0 radical (unpaired) electrons. The van der Waals surface area contributed by atoms with E-state index in [0.29, 0.717) is 15.7 Å². The van der Waals surface area contributed by atoms with Crippen LogP contribution in [0.2, 0.25) is 0 Å². The molecule has 1 N–H and O–H groups in total. The standard InChI is InChI=1S/C23H17BrN2O5/c24-17-8-11-20-19(12-17)23(29,22(28)25(20)14-15-4-2-1-3-5-15)13-21(27)16-6-9-18(10-7-16)26(30)31/h1-12,29H,13-14H2. The van der Waals surface area contributed by atoms with Crippen molar-refractivity contribution in [3.63, 3.8) is 0 Å². The number of amides is 1. The predicted octanol–water partition coefficient (Wildman–Crippen LogP) is 4.36. The van der Waals surface area contributed by atoms with Gasteiger partial charge in [0.1, 0.15) is 0 Å². The monoisotopic (exact) mass is 480 g/mol. The predicted molar refractivity (Wildman–Crippen MR) is 118 cm³/mol. The Hall–Kier alpha value is -3.36. The average Bonchev–Trinajstić information content (AvgIpc) is 2.96. The largest absolute Gasteiger partial charge is 0.375 e. The number of benzene rings is 3. The van der Waals surface area contributed by atoms with E-state index >= 15 is 0 Å². The van der Waals surface area contributed by atoms with Crippen LogP contribution >= 0.6 is 15.9 Å². The van der Waals surface area contributed by atoms with Gasteiger partial charge in [-0.25, -0.2) is 0 Å². The summed E-state index contributed by atoms with van der Waals surface area (Å²) in [6, 6.07) is 19.6. The molecule has 31 heavy (non-hydrogen) atoms. The summed E-state index contributed by atoms with van der Waals surface area (Å²) in [5.74, 6) is -1.07. The smallest absolute Gasteiger partial charge is 0.269 e. The van der Waals surface area contributed by atoms with Crippen LogP contribution in [0.15, 0.2) is 77.3 Å². The van der Waals surface area contributed by atoms with E-state index in [4.69, 9.17) is 0 Å². The maximum atomic E-state index is 13.3. The van der Waals surface area contributed by atoms with Crippen molar-refractivity contribution < 1.29 is 19.6 Å². The first-order chi connectivity index (χ1) is 14.8. The Labute approximate surface area is 186 Å². The zero-order valence-electron chi connectivity index (χ0n) is 16.2. The van der Waals surface area contributed by atoms with Crippen LogP contribution in [0.25, 0.3) is 0 Å². The van der Waals surface area contributed by atoms with E-state index in [2.05, 4.69) is 15.9 Å². The molecule has 1 atom stereocenters. The second kappa shape index (κ2) is 8.05. The van der Waals surface area contributed by atoms with Crippen molar-refractivity contribution in [2.24, 2.45) is 0 Å². The number of ketones is 1. The lowest BCUT2D eigenvalue weighted by atomic mass is 9.88. The number of hydrogen-bond donors (Lipinski definition) is 1. The van der Waals surface area contributed by atoms with E-state index in [1.807, 2.05) is 30.3 Å². The molecule has 4 rings (SSSR count). The van der Waals surface area contributed by atoms with Crippen molar-refractivity contribution in [2.45, 2.75) is 18.6 Å². The number of aliphatic hydroxyl groups is 1. The maximum absolute atomic E-state index is 13.3. The Balaban J connectivity index is 1.67. The lowest BCUT2D eigenvalue weighted by Gasteiger charge is -2.23. The Kier molecular flexibility index (Phi) is 5.43. The summed E-state index contributed by atoms with van der Waals surface area (Å²) < 4.78 is 0.668. The summed E-state index contributed by atoms with van der Waals surface area (Å²) in [6.45, 7) is 0.252. The van der Waals surface area contributed by atoms with Gasteiger partial charge in [0.2, 0.25) is 0 Å². The third-order valence-corrected chi connectivity index (χ3v) is 5.79. The fourth-order valence-electron chi connectivity index (χ4n) is 3.72. The number of fused-ring (bicyclic) bond motifs is 1. The second-order valence-corrected chi connectivity index (χ2v) is 8.22. The van der Waals surface area contributed by atoms with E-state index < -0.39 is 28.6 Å². The van der Waals surface area contributed by atoms with Crippen molar-refractivity contribution in [3.05, 3.63) is 104 Å². The highest BCUT2D eigenvalue weighted by molar-refractivity contribution is 9.10. The van der Waals surface area contributed by atoms with Crippen LogP contribution in [0.4, 0.5) is 11.4 Å². The number of halogens is 1. The Morgan fingerprint density at radius 3 is 2.39 bits per heavy atom. The minimum Gasteiger partial charge on any atom is -0.375 e. The lowest BCUT2D eigenvalue weighted by molar-refractivity contribution is -0.384. The van der Waals surface area contributed by atoms with Gasteiger partial charge in [-0.2, -0.15) is 0 Å². The van der Waals surface area contributed by atoms with E-state index in [-0.39, 0.29) is 17.8 Å². The molecule has 0 aliphatic carbocycles. The minimum atomic E-state index is -2.03. The Morgan fingerprint density at radius 2 is 1.74 bits per heavy atom.